The van der Waals surface area contributed by atoms with E-state index in [0.29, 0.717) is 6.54 Å². The molecule has 0 bridgehead atoms. The van der Waals surface area contributed by atoms with Crippen LogP contribution in [0.4, 0.5) is 11.4 Å². The first-order valence-corrected chi connectivity index (χ1v) is 7.76. The van der Waals surface area contributed by atoms with Gasteiger partial charge < -0.3 is 10.1 Å². The third-order valence-corrected chi connectivity index (χ3v) is 3.67. The molecule has 2 aromatic carbocycles. The van der Waals surface area contributed by atoms with Gasteiger partial charge in [-0.15, -0.1) is 0 Å². The highest BCUT2D eigenvalue weighted by molar-refractivity contribution is 5.94. The van der Waals surface area contributed by atoms with Gasteiger partial charge >= 0.3 is 0 Å². The molecule has 1 N–H and O–H groups in total. The molecule has 7 nitrogen and oxygen atoms in total. The van der Waals surface area contributed by atoms with Crippen LogP contribution in [0.5, 0.6) is 5.75 Å². The van der Waals surface area contributed by atoms with E-state index in [0.717, 1.165) is 16.9 Å². The van der Waals surface area contributed by atoms with Crippen LogP contribution in [-0.4, -0.2) is 36.4 Å². The highest BCUT2D eigenvalue weighted by Gasteiger charge is 2.17. The predicted molar refractivity (Wildman–Crippen MR) is 95.8 cm³/mol. The summed E-state index contributed by atoms with van der Waals surface area (Å²) < 4.78 is 5.30. The first-order chi connectivity index (χ1) is 11.9. The third kappa shape index (κ3) is 5.02. The first kappa shape index (κ1) is 18.4. The minimum Gasteiger partial charge on any atom is -0.496 e. The number of hydrogen-bond acceptors (Lipinski definition) is 5. The summed E-state index contributed by atoms with van der Waals surface area (Å²) in [6.07, 6.45) is 0. The Morgan fingerprint density at radius 2 is 2.00 bits per heavy atom. The smallest absolute Gasteiger partial charge is 0.293 e. The number of anilines is 1. The zero-order valence-corrected chi connectivity index (χ0v) is 14.5. The molecule has 7 heteroatoms. The maximum atomic E-state index is 12.2. The summed E-state index contributed by atoms with van der Waals surface area (Å²) in [6, 6.07) is 12.3. The SMILES string of the molecule is COc1ccccc1CN(C)CC(=O)Nc1ccc(C)cc1[N+](=O)[O-]. The van der Waals surface area contributed by atoms with Crippen LogP contribution in [0.15, 0.2) is 42.5 Å². The highest BCUT2D eigenvalue weighted by atomic mass is 16.6. The van der Waals surface area contributed by atoms with Crippen LogP contribution >= 0.6 is 0 Å². The van der Waals surface area contributed by atoms with Crippen molar-refractivity contribution < 1.29 is 14.5 Å². The number of carbonyl (C=O) groups is 1. The van der Waals surface area contributed by atoms with Crippen LogP contribution in [-0.2, 0) is 11.3 Å². The van der Waals surface area contributed by atoms with Gasteiger partial charge in [0.05, 0.1) is 18.6 Å². The molecule has 0 saturated carbocycles. The molecule has 0 atom stereocenters. The molecule has 2 aromatic rings. The lowest BCUT2D eigenvalue weighted by atomic mass is 10.2. The van der Waals surface area contributed by atoms with Crippen molar-refractivity contribution in [2.45, 2.75) is 13.5 Å². The molecule has 0 aliphatic carbocycles. The molecule has 0 heterocycles. The summed E-state index contributed by atoms with van der Waals surface area (Å²) in [5, 5.41) is 13.7. The van der Waals surface area contributed by atoms with Gasteiger partial charge in [0.2, 0.25) is 5.91 Å². The van der Waals surface area contributed by atoms with Crippen LogP contribution < -0.4 is 10.1 Å². The summed E-state index contributed by atoms with van der Waals surface area (Å²) >= 11 is 0. The Balaban J connectivity index is 2.02. The van der Waals surface area contributed by atoms with Gasteiger partial charge in [0.25, 0.3) is 5.69 Å². The Labute approximate surface area is 146 Å². The third-order valence-electron chi connectivity index (χ3n) is 3.67. The number of carbonyl (C=O) groups excluding carboxylic acids is 1. The number of nitro benzene ring substituents is 1. The second kappa shape index (κ2) is 8.25. The standard InChI is InChI=1S/C18H21N3O4/c1-13-8-9-15(16(10-13)21(23)24)19-18(22)12-20(2)11-14-6-4-5-7-17(14)25-3/h4-10H,11-12H2,1-3H3,(H,19,22). The van der Waals surface area contributed by atoms with Crippen molar-refractivity contribution in [3.63, 3.8) is 0 Å². The molecule has 2 rings (SSSR count). The fraction of sp³-hybridized carbons (Fsp3) is 0.278. The van der Waals surface area contributed by atoms with Gasteiger partial charge in [0.15, 0.2) is 0 Å². The number of ether oxygens (including phenoxy) is 1. The Hall–Kier alpha value is -2.93. The van der Waals surface area contributed by atoms with Crippen molar-refractivity contribution in [2.75, 3.05) is 26.0 Å². The summed E-state index contributed by atoms with van der Waals surface area (Å²) in [4.78, 5) is 24.7. The molecule has 132 valence electrons. The second-order valence-electron chi connectivity index (χ2n) is 5.81. The van der Waals surface area contributed by atoms with E-state index >= 15 is 0 Å². The van der Waals surface area contributed by atoms with Crippen molar-refractivity contribution >= 4 is 17.3 Å². The largest absolute Gasteiger partial charge is 0.496 e. The number of methoxy groups -OCH3 is 1. The van der Waals surface area contributed by atoms with Crippen LogP contribution in [0.2, 0.25) is 0 Å². The number of likely N-dealkylation sites (N-methyl/N-ethyl adjacent to an activating group) is 1. The van der Waals surface area contributed by atoms with E-state index in [-0.39, 0.29) is 23.8 Å². The topological polar surface area (TPSA) is 84.7 Å². The van der Waals surface area contributed by atoms with Crippen molar-refractivity contribution in [1.82, 2.24) is 4.90 Å². The van der Waals surface area contributed by atoms with E-state index in [1.54, 1.807) is 33.2 Å². The van der Waals surface area contributed by atoms with Crippen molar-refractivity contribution in [3.05, 3.63) is 63.7 Å². The maximum absolute atomic E-state index is 12.2. The van der Waals surface area contributed by atoms with Gasteiger partial charge in [0, 0.05) is 18.2 Å². The van der Waals surface area contributed by atoms with E-state index in [1.807, 2.05) is 29.2 Å². The summed E-state index contributed by atoms with van der Waals surface area (Å²) in [6.45, 7) is 2.39. The number of nitro groups is 1. The Morgan fingerprint density at radius 3 is 2.68 bits per heavy atom. The average molecular weight is 343 g/mol. The highest BCUT2D eigenvalue weighted by Crippen LogP contribution is 2.25. The number of benzene rings is 2. The molecular weight excluding hydrogens is 322 g/mol. The zero-order chi connectivity index (χ0) is 18.4. The Kier molecular flexibility index (Phi) is 6.08. The molecule has 1 amide bonds. The molecule has 0 aromatic heterocycles. The number of amides is 1. The number of hydrogen-bond donors (Lipinski definition) is 1. The normalized spacial score (nSPS) is 10.6. The average Bonchev–Trinajstić information content (AvgIpc) is 2.56. The van der Waals surface area contributed by atoms with Crippen LogP contribution in [0.25, 0.3) is 0 Å². The molecule has 0 aliphatic rings. The maximum Gasteiger partial charge on any atom is 0.293 e. The lowest BCUT2D eigenvalue weighted by Gasteiger charge is -2.18. The molecule has 25 heavy (non-hydrogen) atoms. The number of nitrogens with one attached hydrogen (secondary N) is 1. The summed E-state index contributed by atoms with van der Waals surface area (Å²) in [7, 11) is 3.40. The Bertz CT molecular complexity index is 777. The van der Waals surface area contributed by atoms with Crippen LogP contribution in [0.3, 0.4) is 0 Å². The Morgan fingerprint density at radius 1 is 1.28 bits per heavy atom. The van der Waals surface area contributed by atoms with Gasteiger partial charge in [-0.1, -0.05) is 24.3 Å². The molecule has 0 fully saturated rings. The number of para-hydroxylation sites is 1. The van der Waals surface area contributed by atoms with E-state index < -0.39 is 4.92 Å². The fourth-order valence-electron chi connectivity index (χ4n) is 2.51. The van der Waals surface area contributed by atoms with Crippen LogP contribution in [0, 0.1) is 17.0 Å². The molecule has 0 radical (unpaired) electrons. The first-order valence-electron chi connectivity index (χ1n) is 7.76. The summed E-state index contributed by atoms with van der Waals surface area (Å²) in [5.74, 6) is 0.438. The van der Waals surface area contributed by atoms with Gasteiger partial charge in [-0.05, 0) is 31.7 Å². The van der Waals surface area contributed by atoms with Gasteiger partial charge in [-0.2, -0.15) is 0 Å². The molecule has 0 saturated heterocycles. The minimum absolute atomic E-state index is 0.100. The lowest BCUT2D eigenvalue weighted by molar-refractivity contribution is -0.384. The minimum atomic E-state index is -0.499. The zero-order valence-electron chi connectivity index (χ0n) is 14.5. The lowest BCUT2D eigenvalue weighted by Crippen LogP contribution is -2.30. The van der Waals surface area contributed by atoms with Crippen molar-refractivity contribution in [3.8, 4) is 5.75 Å². The number of aryl methyl sites for hydroxylation is 1. The van der Waals surface area contributed by atoms with E-state index in [4.69, 9.17) is 4.74 Å². The predicted octanol–water partition coefficient (Wildman–Crippen LogP) is 2.98. The van der Waals surface area contributed by atoms with Crippen LogP contribution in [0.1, 0.15) is 11.1 Å². The van der Waals surface area contributed by atoms with Gasteiger partial charge in [0.1, 0.15) is 11.4 Å². The van der Waals surface area contributed by atoms with Gasteiger partial charge in [-0.25, -0.2) is 0 Å². The molecular formula is C18H21N3O4. The fourth-order valence-corrected chi connectivity index (χ4v) is 2.51. The number of nitrogens with zero attached hydrogens (tertiary/aromatic N) is 2. The monoisotopic (exact) mass is 343 g/mol. The van der Waals surface area contributed by atoms with E-state index in [1.165, 1.54) is 6.07 Å². The van der Waals surface area contributed by atoms with E-state index in [2.05, 4.69) is 5.32 Å². The van der Waals surface area contributed by atoms with Crippen molar-refractivity contribution in [1.29, 1.82) is 0 Å². The summed E-state index contributed by atoms with van der Waals surface area (Å²) in [5.41, 5.74) is 1.81. The molecule has 0 unspecified atom stereocenters. The molecule has 0 aliphatic heterocycles. The molecule has 0 spiro atoms. The second-order valence-corrected chi connectivity index (χ2v) is 5.81. The van der Waals surface area contributed by atoms with E-state index in [9.17, 15) is 14.9 Å². The van der Waals surface area contributed by atoms with Gasteiger partial charge in [-0.3, -0.25) is 19.8 Å². The number of rotatable bonds is 7. The van der Waals surface area contributed by atoms with Crippen molar-refractivity contribution in [2.24, 2.45) is 0 Å². The quantitative estimate of drug-likeness (QED) is 0.617.